The Morgan fingerprint density at radius 3 is 2.20 bits per heavy atom. The highest BCUT2D eigenvalue weighted by molar-refractivity contribution is 7.99. The number of urea groups is 1. The van der Waals surface area contributed by atoms with E-state index in [1.165, 1.54) is 50.6 Å². The van der Waals surface area contributed by atoms with Crippen LogP contribution in [0.5, 0.6) is 0 Å². The molecule has 6 aliphatic rings. The lowest BCUT2D eigenvalue weighted by Crippen LogP contribution is -2.56. The van der Waals surface area contributed by atoms with Crippen LogP contribution < -0.4 is 20.3 Å². The molecule has 4 fully saturated rings. The summed E-state index contributed by atoms with van der Waals surface area (Å²) in [5.41, 5.74) is 1.11. The Bertz CT molecular complexity index is 3650. The van der Waals surface area contributed by atoms with E-state index in [9.17, 15) is 49.2 Å². The summed E-state index contributed by atoms with van der Waals surface area (Å²) in [7, 11) is -11.1. The number of fused-ring (bicyclic) bond motifs is 3. The Hall–Kier alpha value is -6.47. The summed E-state index contributed by atoms with van der Waals surface area (Å²) < 4.78 is 100. The van der Waals surface area contributed by atoms with Crippen LogP contribution in [0.15, 0.2) is 136 Å². The fraction of sp³-hybridized carbons (Fsp3) is 0.419. The van der Waals surface area contributed by atoms with Crippen molar-refractivity contribution >= 4 is 83.9 Å². The topological polar surface area (TPSA) is 192 Å². The smallest absolute Gasteiger partial charge is 0.380 e. The van der Waals surface area contributed by atoms with Crippen molar-refractivity contribution in [2.75, 3.05) is 74.9 Å². The van der Waals surface area contributed by atoms with Gasteiger partial charge >= 0.3 is 11.5 Å². The SMILES string of the molecule is CC1(C)CCC(c2ccc(Cl)cc2)=C(CN2CCN(c3ccc(C(=O)NS(=O)(=O)c4ccc(N[C@H](CCN5CC6CCC(C5)N6Cc5ccc6c(c5)CN(N5CCC(=O)NC5=O)C6=O)CSc5ccccc5)c(S(=O)(=O)C(F)(F)F)c4)cc3)CC2)C1. The number of halogens is 4. The molecule has 2 bridgehead atoms. The molecule has 5 aliphatic heterocycles. The lowest BCUT2D eigenvalue weighted by Gasteiger charge is -2.41. The molecule has 5 amide bonds. The average Bonchev–Trinajstić information content (AvgIpc) is 1.45. The number of piperazine rings is 2. The summed E-state index contributed by atoms with van der Waals surface area (Å²) in [5.74, 6) is -1.42. The molecule has 5 aromatic rings. The van der Waals surface area contributed by atoms with Crippen LogP contribution in [0, 0.1) is 5.41 Å². The minimum absolute atomic E-state index is 0.0230. The number of likely N-dealkylation sites (tertiary alicyclic amines) is 1. The molecule has 2 unspecified atom stereocenters. The third-order valence-corrected chi connectivity index (χ3v) is 21.7. The molecule has 5 heterocycles. The van der Waals surface area contributed by atoms with Crippen LogP contribution in [0.3, 0.4) is 0 Å². The second-order valence-corrected chi connectivity index (χ2v) is 29.1. The van der Waals surface area contributed by atoms with Gasteiger partial charge < -0.3 is 15.1 Å². The molecule has 3 atom stereocenters. The molecule has 5 aromatic carbocycles. The molecule has 17 nitrogen and oxygen atoms in total. The number of sulfone groups is 1. The Morgan fingerprint density at radius 2 is 1.51 bits per heavy atom. The van der Waals surface area contributed by atoms with E-state index in [2.05, 4.69) is 56.2 Å². The second-order valence-electron chi connectivity index (χ2n) is 23.9. The Morgan fingerprint density at radius 1 is 0.802 bits per heavy atom. The number of thioether (sulfide) groups is 1. The van der Waals surface area contributed by atoms with Crippen molar-refractivity contribution in [2.45, 2.75) is 110 Å². The van der Waals surface area contributed by atoms with Crippen molar-refractivity contribution in [1.82, 2.24) is 34.8 Å². The molecule has 0 aromatic heterocycles. The van der Waals surface area contributed by atoms with Gasteiger partial charge in [-0.05, 0) is 139 Å². The van der Waals surface area contributed by atoms with Gasteiger partial charge in [0, 0.05) is 116 Å². The summed E-state index contributed by atoms with van der Waals surface area (Å²) >= 11 is 7.66. The standard InChI is InChI=1S/C62H69ClF3N9O8S3/c1-61(2)25-22-53(42-9-13-46(63)14-10-42)45(34-61)36-70-28-30-72(31-29-70)48-15-11-43(12-16-48)58(77)69-86(82,83)52-19-21-55(56(33-52)85(80,81)62(64,65)66)67-47(40-84-51-6-4-3-5-7-51)23-26-71-38-49-17-18-50(39-71)73(49)35-41-8-20-54-44(32-41)37-75(59(54)78)74-27-24-57(76)68-60(74)79/h3-16,19-21,32-33,47,49-50,67H,17-18,22-31,34-40H2,1-2H3,(H,69,77)(H,68,76,79)/t47-,49?,50?/m1/s1. The number of allylic oxidation sites excluding steroid dienone is 1. The molecule has 0 radical (unpaired) electrons. The van der Waals surface area contributed by atoms with Crippen LogP contribution in [-0.2, 0) is 37.7 Å². The maximum Gasteiger partial charge on any atom is 0.501 e. The highest BCUT2D eigenvalue weighted by Gasteiger charge is 2.49. The van der Waals surface area contributed by atoms with Gasteiger partial charge in [0.15, 0.2) is 0 Å². The number of carbonyl (C=O) groups is 4. The molecule has 1 aliphatic carbocycles. The molecular weight excluding hydrogens is 1190 g/mol. The van der Waals surface area contributed by atoms with Gasteiger partial charge in [-0.15, -0.1) is 11.8 Å². The van der Waals surface area contributed by atoms with E-state index in [4.69, 9.17) is 11.6 Å². The largest absolute Gasteiger partial charge is 0.501 e. The lowest BCUT2D eigenvalue weighted by molar-refractivity contribution is -0.123. The highest BCUT2D eigenvalue weighted by Crippen LogP contribution is 2.44. The summed E-state index contributed by atoms with van der Waals surface area (Å²) in [6.45, 7) is 11.4. The van der Waals surface area contributed by atoms with Crippen LogP contribution in [0.25, 0.3) is 5.57 Å². The van der Waals surface area contributed by atoms with Crippen molar-refractivity contribution in [1.29, 1.82) is 0 Å². The zero-order valence-corrected chi connectivity index (χ0v) is 51.0. The molecule has 24 heteroatoms. The van der Waals surface area contributed by atoms with Crippen LogP contribution in [-0.4, -0.2) is 154 Å². The predicted molar refractivity (Wildman–Crippen MR) is 325 cm³/mol. The number of hydrogen-bond donors (Lipinski definition) is 3. The minimum atomic E-state index is -6.15. The van der Waals surface area contributed by atoms with E-state index in [1.54, 1.807) is 18.2 Å². The number of hydrazine groups is 1. The third kappa shape index (κ3) is 13.6. The Labute approximate surface area is 509 Å². The summed E-state index contributed by atoms with van der Waals surface area (Å²) in [5, 5.41) is 8.70. The van der Waals surface area contributed by atoms with Gasteiger partial charge in [-0.3, -0.25) is 29.5 Å². The molecular formula is C62H69ClF3N9O8S3. The number of nitrogens with zero attached hydrogens (tertiary/aromatic N) is 6. The molecule has 4 saturated heterocycles. The number of alkyl halides is 3. The molecule has 0 spiro atoms. The Kier molecular flexibility index (Phi) is 17.8. The van der Waals surface area contributed by atoms with E-state index in [-0.39, 0.29) is 54.4 Å². The number of rotatable bonds is 19. The number of nitrogens with one attached hydrogen (secondary N) is 3. The molecule has 456 valence electrons. The molecule has 11 rings (SSSR count). The van der Waals surface area contributed by atoms with Gasteiger partial charge in [0.1, 0.15) is 4.90 Å². The van der Waals surface area contributed by atoms with Gasteiger partial charge in [-0.1, -0.05) is 73.5 Å². The number of benzene rings is 5. The minimum Gasteiger partial charge on any atom is -0.380 e. The number of carbonyl (C=O) groups excluding carboxylic acids is 4. The first-order chi connectivity index (χ1) is 41.0. The van der Waals surface area contributed by atoms with E-state index in [1.807, 2.05) is 59.3 Å². The normalized spacial score (nSPS) is 21.0. The van der Waals surface area contributed by atoms with E-state index in [0.717, 1.165) is 85.6 Å². The monoisotopic (exact) mass is 1260 g/mol. The van der Waals surface area contributed by atoms with Gasteiger partial charge in [0.05, 0.1) is 23.7 Å². The number of imide groups is 1. The number of sulfonamides is 1. The second kappa shape index (κ2) is 25.0. The Balaban J connectivity index is 0.732. The maximum absolute atomic E-state index is 14.6. The fourth-order valence-corrected chi connectivity index (χ4v) is 16.0. The number of hydrogen-bond acceptors (Lipinski definition) is 14. The van der Waals surface area contributed by atoms with E-state index in [0.29, 0.717) is 68.1 Å². The number of amides is 5. The van der Waals surface area contributed by atoms with Crippen LogP contribution in [0.4, 0.5) is 29.3 Å². The van der Waals surface area contributed by atoms with E-state index < -0.39 is 58.8 Å². The highest BCUT2D eigenvalue weighted by atomic mass is 35.5. The predicted octanol–water partition coefficient (Wildman–Crippen LogP) is 9.66. The zero-order chi connectivity index (χ0) is 60.7. The average molecular weight is 1260 g/mol. The van der Waals surface area contributed by atoms with Gasteiger partial charge in [0.2, 0.25) is 5.91 Å². The van der Waals surface area contributed by atoms with Gasteiger partial charge in [-0.25, -0.2) is 36.4 Å². The van der Waals surface area contributed by atoms with Gasteiger partial charge in [-0.2, -0.15) is 13.2 Å². The third-order valence-electron chi connectivity index (χ3n) is 17.4. The first kappa shape index (κ1) is 61.2. The first-order valence-corrected chi connectivity index (χ1v) is 33.3. The summed E-state index contributed by atoms with van der Waals surface area (Å²) in [6, 6.07) is 31.1. The molecule has 86 heavy (non-hydrogen) atoms. The lowest BCUT2D eigenvalue weighted by atomic mass is 9.73. The zero-order valence-electron chi connectivity index (χ0n) is 47.8. The summed E-state index contributed by atoms with van der Waals surface area (Å²) in [4.78, 5) is 59.4. The maximum atomic E-state index is 14.6. The fourth-order valence-electron chi connectivity index (χ4n) is 12.8. The van der Waals surface area contributed by atoms with Gasteiger partial charge in [0.25, 0.3) is 31.7 Å². The molecule has 3 N–H and O–H groups in total. The van der Waals surface area contributed by atoms with Crippen molar-refractivity contribution in [3.05, 3.63) is 154 Å². The van der Waals surface area contributed by atoms with Crippen LogP contribution in [0.2, 0.25) is 5.02 Å². The van der Waals surface area contributed by atoms with Crippen molar-refractivity contribution < 1.29 is 49.2 Å². The van der Waals surface area contributed by atoms with Crippen molar-refractivity contribution in [3.8, 4) is 0 Å². The van der Waals surface area contributed by atoms with Crippen LogP contribution >= 0.6 is 23.4 Å². The first-order valence-electron chi connectivity index (χ1n) is 29.0. The van der Waals surface area contributed by atoms with Crippen LogP contribution in [0.1, 0.15) is 96.2 Å². The van der Waals surface area contributed by atoms with Crippen molar-refractivity contribution in [3.63, 3.8) is 0 Å². The summed E-state index contributed by atoms with van der Waals surface area (Å²) in [6.07, 6.45) is 5.48. The number of anilines is 2. The quantitative estimate of drug-likeness (QED) is 0.0662. The molecule has 0 saturated carbocycles. The van der Waals surface area contributed by atoms with E-state index >= 15 is 0 Å². The van der Waals surface area contributed by atoms with Crippen molar-refractivity contribution in [2.24, 2.45) is 5.41 Å².